The van der Waals surface area contributed by atoms with Gasteiger partial charge in [0.2, 0.25) is 0 Å². The Hall–Kier alpha value is -5.05. The first-order valence-electron chi connectivity index (χ1n) is 11.3. The third-order valence-corrected chi connectivity index (χ3v) is 5.37. The monoisotopic (exact) mass is 496 g/mol. The van der Waals surface area contributed by atoms with Crippen LogP contribution >= 0.6 is 0 Å². The normalized spacial score (nSPS) is 10.7. The van der Waals surface area contributed by atoms with E-state index in [1.807, 2.05) is 30.3 Å². The van der Waals surface area contributed by atoms with Crippen LogP contribution < -0.4 is 19.6 Å². The highest BCUT2D eigenvalue weighted by atomic mass is 16.5. The van der Waals surface area contributed by atoms with Crippen molar-refractivity contribution in [3.05, 3.63) is 101 Å². The van der Waals surface area contributed by atoms with Crippen LogP contribution in [0.4, 0.5) is 0 Å². The van der Waals surface area contributed by atoms with E-state index in [0.717, 1.165) is 5.56 Å². The summed E-state index contributed by atoms with van der Waals surface area (Å²) >= 11 is 0. The summed E-state index contributed by atoms with van der Waals surface area (Å²) in [5, 5.41) is 4.02. The first-order chi connectivity index (χ1) is 18.0. The molecule has 0 radical (unpaired) electrons. The zero-order valence-electron chi connectivity index (χ0n) is 20.5. The van der Waals surface area contributed by atoms with Crippen LogP contribution in [0.5, 0.6) is 17.2 Å². The van der Waals surface area contributed by atoms with Crippen LogP contribution in [-0.4, -0.2) is 42.3 Å². The van der Waals surface area contributed by atoms with Gasteiger partial charge in [0.25, 0.3) is 5.91 Å². The first kappa shape index (κ1) is 25.1. The molecule has 3 aromatic carbocycles. The minimum atomic E-state index is -0.586. The number of nitrogens with one attached hydrogen (secondary N) is 1. The van der Waals surface area contributed by atoms with Crippen molar-refractivity contribution in [2.45, 2.75) is 6.92 Å². The molecule has 0 bridgehead atoms. The van der Waals surface area contributed by atoms with Gasteiger partial charge >= 0.3 is 5.97 Å². The highest BCUT2D eigenvalue weighted by Crippen LogP contribution is 2.28. The molecule has 0 spiro atoms. The number of carbonyl (C=O) groups is 2. The molecule has 1 aromatic heterocycles. The smallest absolute Gasteiger partial charge is 0.343 e. The van der Waals surface area contributed by atoms with E-state index < -0.39 is 11.9 Å². The highest BCUT2D eigenvalue weighted by molar-refractivity contribution is 5.96. The van der Waals surface area contributed by atoms with Crippen molar-refractivity contribution < 1.29 is 23.8 Å². The number of amides is 1. The lowest BCUT2D eigenvalue weighted by atomic mass is 10.2. The molecule has 0 aliphatic rings. The number of methoxy groups -OCH3 is 2. The molecule has 0 atom stereocenters. The van der Waals surface area contributed by atoms with Crippen molar-refractivity contribution >= 4 is 18.1 Å². The Balaban J connectivity index is 1.45. The van der Waals surface area contributed by atoms with Crippen LogP contribution in [0.3, 0.4) is 0 Å². The number of benzene rings is 3. The van der Waals surface area contributed by atoms with Crippen LogP contribution in [0.1, 0.15) is 32.0 Å². The van der Waals surface area contributed by atoms with Crippen LogP contribution in [-0.2, 0) is 0 Å². The van der Waals surface area contributed by atoms with E-state index in [9.17, 15) is 9.59 Å². The standard InChI is InChI=1S/C28H24N4O5/c1-18-22(17-29-26(31-18)19-9-5-4-6-10-19)27(33)32-30-16-21-11-7-8-12-23(21)37-28(34)20-13-14-24(35-2)25(15-20)36-3/h4-17H,1-3H3,(H,32,33)/b30-16-. The lowest BCUT2D eigenvalue weighted by Crippen LogP contribution is -2.20. The number of esters is 1. The van der Waals surface area contributed by atoms with Gasteiger partial charge in [0, 0.05) is 17.3 Å². The maximum atomic E-state index is 12.7. The fourth-order valence-electron chi connectivity index (χ4n) is 3.44. The number of aromatic nitrogens is 2. The molecule has 9 nitrogen and oxygen atoms in total. The van der Waals surface area contributed by atoms with Crippen molar-refractivity contribution in [1.82, 2.24) is 15.4 Å². The molecule has 4 rings (SSSR count). The minimum absolute atomic E-state index is 0.270. The second-order valence-electron chi connectivity index (χ2n) is 7.75. The molecule has 0 saturated heterocycles. The van der Waals surface area contributed by atoms with Crippen LogP contribution in [0.25, 0.3) is 11.4 Å². The number of ether oxygens (including phenoxy) is 3. The number of rotatable bonds is 8. The van der Waals surface area contributed by atoms with Gasteiger partial charge in [-0.1, -0.05) is 42.5 Å². The van der Waals surface area contributed by atoms with Crippen molar-refractivity contribution in [3.63, 3.8) is 0 Å². The Morgan fingerprint density at radius 3 is 2.35 bits per heavy atom. The average Bonchev–Trinajstić information content (AvgIpc) is 2.93. The Kier molecular flexibility index (Phi) is 7.85. The van der Waals surface area contributed by atoms with Gasteiger partial charge in [0.05, 0.1) is 37.3 Å². The van der Waals surface area contributed by atoms with Crippen molar-refractivity contribution in [2.75, 3.05) is 14.2 Å². The molecule has 0 unspecified atom stereocenters. The SMILES string of the molecule is COc1ccc(C(=O)Oc2ccccc2/C=N\NC(=O)c2cnc(-c3ccccc3)nc2C)cc1OC. The maximum absolute atomic E-state index is 12.7. The summed E-state index contributed by atoms with van der Waals surface area (Å²) in [6.45, 7) is 1.73. The van der Waals surface area contributed by atoms with E-state index in [1.165, 1.54) is 32.7 Å². The number of hydrogen-bond acceptors (Lipinski definition) is 8. The molecule has 4 aromatic rings. The number of hydrogen-bond donors (Lipinski definition) is 1. The first-order valence-corrected chi connectivity index (χ1v) is 11.3. The molecule has 1 heterocycles. The van der Waals surface area contributed by atoms with Crippen molar-refractivity contribution in [3.8, 4) is 28.6 Å². The summed E-state index contributed by atoms with van der Waals surface area (Å²) < 4.78 is 16.0. The van der Waals surface area contributed by atoms with Crippen LogP contribution in [0, 0.1) is 6.92 Å². The van der Waals surface area contributed by atoms with Gasteiger partial charge in [-0.3, -0.25) is 4.79 Å². The maximum Gasteiger partial charge on any atom is 0.343 e. The van der Waals surface area contributed by atoms with Gasteiger partial charge in [0.15, 0.2) is 17.3 Å². The number of carbonyl (C=O) groups excluding carboxylic acids is 2. The van der Waals surface area contributed by atoms with Gasteiger partial charge in [-0.2, -0.15) is 5.10 Å². The summed E-state index contributed by atoms with van der Waals surface area (Å²) in [6.07, 6.45) is 2.86. The van der Waals surface area contributed by atoms with Crippen LogP contribution in [0.2, 0.25) is 0 Å². The zero-order valence-corrected chi connectivity index (χ0v) is 20.5. The molecule has 37 heavy (non-hydrogen) atoms. The largest absolute Gasteiger partial charge is 0.493 e. The average molecular weight is 497 g/mol. The van der Waals surface area contributed by atoms with E-state index in [-0.39, 0.29) is 11.3 Å². The Morgan fingerprint density at radius 1 is 0.892 bits per heavy atom. The topological polar surface area (TPSA) is 112 Å². The number of para-hydroxylation sites is 1. The summed E-state index contributed by atoms with van der Waals surface area (Å²) in [7, 11) is 3.00. The summed E-state index contributed by atoms with van der Waals surface area (Å²) in [5.74, 6) is 0.656. The fraction of sp³-hybridized carbons (Fsp3) is 0.107. The van der Waals surface area contributed by atoms with Gasteiger partial charge in [0.1, 0.15) is 5.75 Å². The summed E-state index contributed by atoms with van der Waals surface area (Å²) in [4.78, 5) is 34.1. The fourth-order valence-corrected chi connectivity index (χ4v) is 3.44. The Bertz CT molecular complexity index is 1450. The molecule has 0 saturated carbocycles. The molecule has 0 fully saturated rings. The van der Waals surface area contributed by atoms with E-state index >= 15 is 0 Å². The zero-order chi connectivity index (χ0) is 26.2. The van der Waals surface area contributed by atoms with E-state index in [1.54, 1.807) is 43.3 Å². The Labute approximate surface area is 213 Å². The van der Waals surface area contributed by atoms with E-state index in [2.05, 4.69) is 20.5 Å². The van der Waals surface area contributed by atoms with Gasteiger partial charge in [-0.15, -0.1) is 0 Å². The van der Waals surface area contributed by atoms with E-state index in [0.29, 0.717) is 34.1 Å². The van der Waals surface area contributed by atoms with Crippen LogP contribution in [0.15, 0.2) is 84.1 Å². The molecular weight excluding hydrogens is 472 g/mol. The number of aryl methyl sites for hydroxylation is 1. The summed E-state index contributed by atoms with van der Waals surface area (Å²) in [6, 6.07) is 21.0. The molecule has 1 N–H and O–H groups in total. The molecule has 1 amide bonds. The lowest BCUT2D eigenvalue weighted by Gasteiger charge is -2.10. The second kappa shape index (κ2) is 11.6. The molecule has 186 valence electrons. The summed E-state index contributed by atoms with van der Waals surface area (Å²) in [5.41, 5.74) is 4.91. The number of hydrazone groups is 1. The predicted molar refractivity (Wildman–Crippen MR) is 138 cm³/mol. The minimum Gasteiger partial charge on any atom is -0.493 e. The quantitative estimate of drug-likeness (QED) is 0.166. The molecule has 0 aliphatic heterocycles. The van der Waals surface area contributed by atoms with E-state index in [4.69, 9.17) is 14.2 Å². The second-order valence-corrected chi connectivity index (χ2v) is 7.75. The van der Waals surface area contributed by atoms with Gasteiger partial charge < -0.3 is 14.2 Å². The van der Waals surface area contributed by atoms with Gasteiger partial charge in [-0.25, -0.2) is 20.2 Å². The van der Waals surface area contributed by atoms with Crippen molar-refractivity contribution in [1.29, 1.82) is 0 Å². The van der Waals surface area contributed by atoms with Crippen molar-refractivity contribution in [2.24, 2.45) is 5.10 Å². The molecular formula is C28H24N4O5. The Morgan fingerprint density at radius 2 is 1.62 bits per heavy atom. The highest BCUT2D eigenvalue weighted by Gasteiger charge is 2.15. The molecule has 9 heteroatoms. The number of nitrogens with zero attached hydrogens (tertiary/aromatic N) is 3. The van der Waals surface area contributed by atoms with Gasteiger partial charge in [-0.05, 0) is 37.3 Å². The predicted octanol–water partition coefficient (Wildman–Crippen LogP) is 4.45. The molecule has 0 aliphatic carbocycles. The lowest BCUT2D eigenvalue weighted by molar-refractivity contribution is 0.0733. The third-order valence-electron chi connectivity index (χ3n) is 5.37. The third kappa shape index (κ3) is 5.96.